The summed E-state index contributed by atoms with van der Waals surface area (Å²) >= 11 is 4.24. The van der Waals surface area contributed by atoms with Gasteiger partial charge < -0.3 is 4.74 Å². The number of hydrogen-bond acceptors (Lipinski definition) is 3. The normalized spacial score (nSPS) is 12.3. The smallest absolute Gasteiger partial charge is 0.305 e. The van der Waals surface area contributed by atoms with Gasteiger partial charge in [0.25, 0.3) is 0 Å². The molecule has 0 spiro atoms. The maximum absolute atomic E-state index is 11.7. The van der Waals surface area contributed by atoms with Crippen LogP contribution in [0.3, 0.4) is 0 Å². The largest absolute Gasteiger partial charge is 0.465 e. The fraction of sp³-hybridized carbons (Fsp3) is 0.944. The zero-order chi connectivity index (χ0) is 15.8. The van der Waals surface area contributed by atoms with Crippen molar-refractivity contribution < 1.29 is 9.53 Å². The molecule has 1 unspecified atom stereocenters. The second-order valence-corrected chi connectivity index (χ2v) is 6.52. The molecule has 0 bridgehead atoms. The zero-order valence-electron chi connectivity index (χ0n) is 14.2. The van der Waals surface area contributed by atoms with Crippen LogP contribution in [0, 0.1) is 5.92 Å². The van der Waals surface area contributed by atoms with Gasteiger partial charge in [-0.05, 0) is 37.4 Å². The average Bonchev–Trinajstić information content (AvgIpc) is 2.48. The predicted molar refractivity (Wildman–Crippen MR) is 95.1 cm³/mol. The van der Waals surface area contributed by atoms with Gasteiger partial charge in [-0.1, -0.05) is 58.8 Å². The molecule has 0 radical (unpaired) electrons. The molecule has 0 aliphatic rings. The highest BCUT2D eigenvalue weighted by molar-refractivity contribution is 7.80. The summed E-state index contributed by atoms with van der Waals surface area (Å²) in [5, 5.41) is 0. The molecule has 0 aliphatic carbocycles. The van der Waals surface area contributed by atoms with Gasteiger partial charge in [0.05, 0.1) is 6.61 Å². The maximum atomic E-state index is 11.7. The molecular formula is C18H36O2S. The topological polar surface area (TPSA) is 26.3 Å². The van der Waals surface area contributed by atoms with E-state index >= 15 is 0 Å². The van der Waals surface area contributed by atoms with E-state index in [-0.39, 0.29) is 5.97 Å². The van der Waals surface area contributed by atoms with Crippen LogP contribution in [0.25, 0.3) is 0 Å². The minimum absolute atomic E-state index is 0.00274. The van der Waals surface area contributed by atoms with E-state index in [1.54, 1.807) is 0 Å². The molecule has 0 saturated carbocycles. The van der Waals surface area contributed by atoms with Crippen LogP contribution < -0.4 is 0 Å². The first-order valence-corrected chi connectivity index (χ1v) is 9.64. The lowest BCUT2D eigenvalue weighted by Crippen LogP contribution is -2.14. The Morgan fingerprint density at radius 1 is 0.905 bits per heavy atom. The number of esters is 1. The third-order valence-electron chi connectivity index (χ3n) is 3.93. The van der Waals surface area contributed by atoms with Gasteiger partial charge in [-0.25, -0.2) is 0 Å². The Kier molecular flexibility index (Phi) is 16.1. The summed E-state index contributed by atoms with van der Waals surface area (Å²) in [5.41, 5.74) is 0. The van der Waals surface area contributed by atoms with E-state index in [4.69, 9.17) is 4.74 Å². The Labute approximate surface area is 137 Å². The highest BCUT2D eigenvalue weighted by atomic mass is 32.1. The Morgan fingerprint density at radius 2 is 1.62 bits per heavy atom. The van der Waals surface area contributed by atoms with Gasteiger partial charge in [-0.2, -0.15) is 12.6 Å². The van der Waals surface area contributed by atoms with E-state index < -0.39 is 0 Å². The summed E-state index contributed by atoms with van der Waals surface area (Å²) in [6.07, 6.45) is 13.7. The van der Waals surface area contributed by atoms with E-state index in [0.29, 0.717) is 18.9 Å². The Hall–Kier alpha value is -0.180. The van der Waals surface area contributed by atoms with Gasteiger partial charge in [-0.15, -0.1) is 0 Å². The van der Waals surface area contributed by atoms with Crippen LogP contribution in [0.15, 0.2) is 0 Å². The van der Waals surface area contributed by atoms with Crippen molar-refractivity contribution >= 4 is 18.6 Å². The molecule has 126 valence electrons. The first-order chi connectivity index (χ1) is 10.2. The minimum atomic E-state index is 0.00274. The van der Waals surface area contributed by atoms with Crippen LogP contribution in [0.1, 0.15) is 90.9 Å². The lowest BCUT2D eigenvalue weighted by atomic mass is 9.97. The van der Waals surface area contributed by atoms with Gasteiger partial charge >= 0.3 is 5.97 Å². The van der Waals surface area contributed by atoms with Crippen molar-refractivity contribution in [1.82, 2.24) is 0 Å². The standard InChI is InChI=1S/C18H36O2S/c1-3-5-6-7-10-14-18(19)20-16-17(12-4-2)13-9-8-11-15-21/h17,21H,3-16H2,1-2H3. The number of carbonyl (C=O) groups excluding carboxylic acids is 1. The van der Waals surface area contributed by atoms with E-state index in [2.05, 4.69) is 26.5 Å². The van der Waals surface area contributed by atoms with Crippen LogP contribution >= 0.6 is 12.6 Å². The highest BCUT2D eigenvalue weighted by Gasteiger charge is 2.11. The molecule has 0 amide bonds. The number of carbonyl (C=O) groups is 1. The Balaban J connectivity index is 3.66. The zero-order valence-corrected chi connectivity index (χ0v) is 15.1. The molecule has 0 N–H and O–H groups in total. The van der Waals surface area contributed by atoms with Crippen LogP contribution in [-0.2, 0) is 9.53 Å². The molecule has 21 heavy (non-hydrogen) atoms. The molecule has 0 fully saturated rings. The van der Waals surface area contributed by atoms with Gasteiger partial charge in [0.2, 0.25) is 0 Å². The number of ether oxygens (including phenoxy) is 1. The molecule has 1 atom stereocenters. The second kappa shape index (κ2) is 16.2. The van der Waals surface area contributed by atoms with Crippen molar-refractivity contribution in [3.63, 3.8) is 0 Å². The van der Waals surface area contributed by atoms with Crippen LogP contribution in [0.2, 0.25) is 0 Å². The third kappa shape index (κ3) is 14.5. The van der Waals surface area contributed by atoms with Gasteiger partial charge in [0.15, 0.2) is 0 Å². The minimum Gasteiger partial charge on any atom is -0.465 e. The lowest BCUT2D eigenvalue weighted by Gasteiger charge is -2.16. The van der Waals surface area contributed by atoms with Crippen molar-refractivity contribution in [1.29, 1.82) is 0 Å². The van der Waals surface area contributed by atoms with Crippen LogP contribution in [-0.4, -0.2) is 18.3 Å². The number of thiol groups is 1. The van der Waals surface area contributed by atoms with Gasteiger partial charge in [0.1, 0.15) is 0 Å². The number of rotatable bonds is 15. The summed E-state index contributed by atoms with van der Waals surface area (Å²) in [4.78, 5) is 11.7. The summed E-state index contributed by atoms with van der Waals surface area (Å²) in [5.74, 6) is 1.53. The number of unbranched alkanes of at least 4 members (excludes halogenated alkanes) is 6. The second-order valence-electron chi connectivity index (χ2n) is 6.07. The van der Waals surface area contributed by atoms with Crippen molar-refractivity contribution in [2.75, 3.05) is 12.4 Å². The molecular weight excluding hydrogens is 280 g/mol. The fourth-order valence-electron chi connectivity index (χ4n) is 2.60. The first kappa shape index (κ1) is 20.8. The molecule has 0 saturated heterocycles. The molecule has 0 aromatic rings. The predicted octanol–water partition coefficient (Wildman–Crippen LogP) is 5.80. The Bertz CT molecular complexity index is 231. The molecule has 0 heterocycles. The average molecular weight is 317 g/mol. The summed E-state index contributed by atoms with van der Waals surface area (Å²) in [7, 11) is 0. The van der Waals surface area contributed by atoms with Gasteiger partial charge in [0, 0.05) is 6.42 Å². The highest BCUT2D eigenvalue weighted by Crippen LogP contribution is 2.17. The fourth-order valence-corrected chi connectivity index (χ4v) is 2.82. The molecule has 0 rings (SSSR count). The van der Waals surface area contributed by atoms with Crippen LogP contribution in [0.5, 0.6) is 0 Å². The molecule has 2 nitrogen and oxygen atoms in total. The van der Waals surface area contributed by atoms with Gasteiger partial charge in [-0.3, -0.25) is 4.79 Å². The van der Waals surface area contributed by atoms with E-state index in [1.165, 1.54) is 57.8 Å². The summed E-state index contributed by atoms with van der Waals surface area (Å²) < 4.78 is 5.47. The van der Waals surface area contributed by atoms with Crippen LogP contribution in [0.4, 0.5) is 0 Å². The molecule has 0 aromatic heterocycles. The van der Waals surface area contributed by atoms with Crippen molar-refractivity contribution in [2.24, 2.45) is 5.92 Å². The van der Waals surface area contributed by atoms with E-state index in [0.717, 1.165) is 18.6 Å². The van der Waals surface area contributed by atoms with E-state index in [1.807, 2.05) is 0 Å². The Morgan fingerprint density at radius 3 is 2.29 bits per heavy atom. The SMILES string of the molecule is CCCCCCCC(=O)OCC(CCC)CCCCCS. The van der Waals surface area contributed by atoms with E-state index in [9.17, 15) is 4.79 Å². The van der Waals surface area contributed by atoms with Crippen molar-refractivity contribution in [2.45, 2.75) is 90.9 Å². The third-order valence-corrected chi connectivity index (χ3v) is 4.25. The first-order valence-electron chi connectivity index (χ1n) is 9.01. The quantitative estimate of drug-likeness (QED) is 0.235. The summed E-state index contributed by atoms with van der Waals surface area (Å²) in [6.45, 7) is 5.04. The monoisotopic (exact) mass is 316 g/mol. The maximum Gasteiger partial charge on any atom is 0.305 e. The molecule has 0 aromatic carbocycles. The molecule has 0 aliphatic heterocycles. The van der Waals surface area contributed by atoms with Crippen molar-refractivity contribution in [3.05, 3.63) is 0 Å². The number of hydrogen-bond donors (Lipinski definition) is 1. The van der Waals surface area contributed by atoms with Crippen molar-refractivity contribution in [3.8, 4) is 0 Å². The molecule has 3 heteroatoms. The lowest BCUT2D eigenvalue weighted by molar-refractivity contribution is -0.145. The summed E-state index contributed by atoms with van der Waals surface area (Å²) in [6, 6.07) is 0.